The predicted molar refractivity (Wildman–Crippen MR) is 75.8 cm³/mol. The second-order valence-electron chi connectivity index (χ2n) is 4.49. The largest absolute Gasteiger partial charge is 0.487 e. The molecule has 0 heterocycles. The summed E-state index contributed by atoms with van der Waals surface area (Å²) in [4.78, 5) is 0. The fourth-order valence-corrected chi connectivity index (χ4v) is 1.71. The van der Waals surface area contributed by atoms with Gasteiger partial charge in [-0.2, -0.15) is 0 Å². The van der Waals surface area contributed by atoms with Gasteiger partial charge in [-0.05, 0) is 17.7 Å². The van der Waals surface area contributed by atoms with E-state index in [1.54, 1.807) is 6.07 Å². The van der Waals surface area contributed by atoms with Crippen LogP contribution in [0.3, 0.4) is 0 Å². The van der Waals surface area contributed by atoms with Crippen molar-refractivity contribution in [1.82, 2.24) is 0 Å². The second-order valence-corrected chi connectivity index (χ2v) is 4.49. The van der Waals surface area contributed by atoms with E-state index in [4.69, 9.17) is 14.6 Å². The van der Waals surface area contributed by atoms with E-state index in [1.807, 2.05) is 30.3 Å². The average molecular weight is 292 g/mol. The van der Waals surface area contributed by atoms with E-state index in [-0.39, 0.29) is 24.7 Å². The minimum atomic E-state index is -1.02. The van der Waals surface area contributed by atoms with Crippen molar-refractivity contribution in [3.05, 3.63) is 59.9 Å². The molecular weight excluding hydrogens is 275 g/mol. The molecule has 0 unspecified atom stereocenters. The number of rotatable bonds is 7. The van der Waals surface area contributed by atoms with Gasteiger partial charge in [-0.3, -0.25) is 0 Å². The molecule has 0 bridgehead atoms. The van der Waals surface area contributed by atoms with Crippen LogP contribution >= 0.6 is 0 Å². The molecule has 0 saturated carbocycles. The smallest absolute Gasteiger partial charge is 0.197 e. The highest BCUT2D eigenvalue weighted by Crippen LogP contribution is 2.30. The second kappa shape index (κ2) is 7.61. The highest BCUT2D eigenvalue weighted by molar-refractivity contribution is 5.41. The number of aliphatic hydroxyl groups excluding tert-OH is 2. The Kier molecular flexibility index (Phi) is 5.54. The molecule has 21 heavy (non-hydrogen) atoms. The molecule has 2 N–H and O–H groups in total. The first-order chi connectivity index (χ1) is 10.2. The SMILES string of the molecule is OC[C@H](O)COc1cccc(F)c1OCc1ccccc1. The molecule has 4 nitrogen and oxygen atoms in total. The first-order valence-electron chi connectivity index (χ1n) is 6.57. The molecule has 2 aromatic carbocycles. The topological polar surface area (TPSA) is 58.9 Å². The lowest BCUT2D eigenvalue weighted by atomic mass is 10.2. The number of hydrogen-bond donors (Lipinski definition) is 2. The van der Waals surface area contributed by atoms with Crippen molar-refractivity contribution in [2.75, 3.05) is 13.2 Å². The third-order valence-electron chi connectivity index (χ3n) is 2.80. The van der Waals surface area contributed by atoms with Gasteiger partial charge in [0.2, 0.25) is 0 Å². The van der Waals surface area contributed by atoms with Gasteiger partial charge in [-0.15, -0.1) is 0 Å². The summed E-state index contributed by atoms with van der Waals surface area (Å²) in [6.45, 7) is -0.349. The molecule has 0 spiro atoms. The molecule has 0 aliphatic carbocycles. The normalized spacial score (nSPS) is 12.0. The first kappa shape index (κ1) is 15.3. The number of para-hydroxylation sites is 1. The van der Waals surface area contributed by atoms with Crippen LogP contribution in [0.15, 0.2) is 48.5 Å². The fourth-order valence-electron chi connectivity index (χ4n) is 1.71. The van der Waals surface area contributed by atoms with E-state index >= 15 is 0 Å². The maximum atomic E-state index is 13.8. The lowest BCUT2D eigenvalue weighted by Gasteiger charge is -2.15. The molecule has 2 aromatic rings. The number of ether oxygens (including phenoxy) is 2. The summed E-state index contributed by atoms with van der Waals surface area (Å²) in [5, 5.41) is 18.0. The van der Waals surface area contributed by atoms with Gasteiger partial charge in [0, 0.05) is 0 Å². The zero-order valence-corrected chi connectivity index (χ0v) is 11.4. The lowest BCUT2D eigenvalue weighted by molar-refractivity contribution is 0.0521. The van der Waals surface area contributed by atoms with Crippen molar-refractivity contribution in [2.45, 2.75) is 12.7 Å². The Hall–Kier alpha value is -2.11. The van der Waals surface area contributed by atoms with Gasteiger partial charge in [-0.25, -0.2) is 4.39 Å². The quantitative estimate of drug-likeness (QED) is 0.821. The van der Waals surface area contributed by atoms with Gasteiger partial charge in [0.25, 0.3) is 0 Å². The van der Waals surface area contributed by atoms with E-state index < -0.39 is 18.5 Å². The lowest BCUT2D eigenvalue weighted by Crippen LogP contribution is -2.21. The van der Waals surface area contributed by atoms with Crippen molar-refractivity contribution in [2.24, 2.45) is 0 Å². The molecule has 2 rings (SSSR count). The van der Waals surface area contributed by atoms with Crippen molar-refractivity contribution in [1.29, 1.82) is 0 Å². The van der Waals surface area contributed by atoms with Crippen LogP contribution < -0.4 is 9.47 Å². The summed E-state index contributed by atoms with van der Waals surface area (Å²) in [5.74, 6) is -0.355. The summed E-state index contributed by atoms with van der Waals surface area (Å²) < 4.78 is 24.6. The molecule has 0 radical (unpaired) electrons. The van der Waals surface area contributed by atoms with Crippen molar-refractivity contribution in [3.63, 3.8) is 0 Å². The van der Waals surface area contributed by atoms with Crippen LogP contribution in [0.25, 0.3) is 0 Å². The molecule has 0 aliphatic heterocycles. The van der Waals surface area contributed by atoms with Gasteiger partial charge in [-0.1, -0.05) is 36.4 Å². The summed E-state index contributed by atoms with van der Waals surface area (Å²) in [7, 11) is 0. The van der Waals surface area contributed by atoms with Crippen molar-refractivity contribution in [3.8, 4) is 11.5 Å². The van der Waals surface area contributed by atoms with Crippen LogP contribution in [0.4, 0.5) is 4.39 Å². The van der Waals surface area contributed by atoms with Gasteiger partial charge < -0.3 is 19.7 Å². The Labute approximate surface area is 122 Å². The monoisotopic (exact) mass is 292 g/mol. The van der Waals surface area contributed by atoms with Crippen LogP contribution in [0.2, 0.25) is 0 Å². The van der Waals surface area contributed by atoms with E-state index in [0.717, 1.165) is 5.56 Å². The zero-order valence-electron chi connectivity index (χ0n) is 11.4. The van der Waals surface area contributed by atoms with Crippen molar-refractivity contribution >= 4 is 0 Å². The predicted octanol–water partition coefficient (Wildman–Crippen LogP) is 2.14. The Bertz CT molecular complexity index is 559. The maximum absolute atomic E-state index is 13.8. The first-order valence-corrected chi connectivity index (χ1v) is 6.57. The summed E-state index contributed by atoms with van der Waals surface area (Å²) in [6.07, 6.45) is -1.02. The van der Waals surface area contributed by atoms with Crippen LogP contribution in [0, 0.1) is 5.82 Å². The Morgan fingerprint density at radius 1 is 1.00 bits per heavy atom. The Morgan fingerprint density at radius 2 is 1.76 bits per heavy atom. The summed E-state index contributed by atoms with van der Waals surface area (Å²) in [5.41, 5.74) is 0.905. The molecule has 0 amide bonds. The fraction of sp³-hybridized carbons (Fsp3) is 0.250. The zero-order chi connectivity index (χ0) is 15.1. The Balaban J connectivity index is 2.06. The summed E-state index contributed by atoms with van der Waals surface area (Å²) >= 11 is 0. The van der Waals surface area contributed by atoms with Crippen LogP contribution in [0.1, 0.15) is 5.56 Å². The minimum absolute atomic E-state index is 0.00788. The average Bonchev–Trinajstić information content (AvgIpc) is 2.52. The van der Waals surface area contributed by atoms with Gasteiger partial charge in [0.15, 0.2) is 17.3 Å². The van der Waals surface area contributed by atoms with Crippen LogP contribution in [-0.4, -0.2) is 29.5 Å². The van der Waals surface area contributed by atoms with Gasteiger partial charge in [0.05, 0.1) is 6.61 Å². The molecule has 0 fully saturated rings. The molecule has 0 saturated heterocycles. The molecule has 1 atom stereocenters. The molecule has 0 aliphatic rings. The number of hydrogen-bond acceptors (Lipinski definition) is 4. The molecule has 0 aromatic heterocycles. The highest BCUT2D eigenvalue weighted by atomic mass is 19.1. The van der Waals surface area contributed by atoms with E-state index in [9.17, 15) is 9.50 Å². The third kappa shape index (κ3) is 4.44. The number of halogens is 1. The van der Waals surface area contributed by atoms with Gasteiger partial charge in [0.1, 0.15) is 19.3 Å². The van der Waals surface area contributed by atoms with Crippen LogP contribution in [0.5, 0.6) is 11.5 Å². The standard InChI is InChI=1S/C16H17FO4/c17-14-7-4-8-15(20-11-13(19)9-18)16(14)21-10-12-5-2-1-3-6-12/h1-8,13,18-19H,9-11H2/t13-/m0/s1. The molecular formula is C16H17FO4. The van der Waals surface area contributed by atoms with Crippen molar-refractivity contribution < 1.29 is 24.1 Å². The Morgan fingerprint density at radius 3 is 2.48 bits per heavy atom. The number of benzene rings is 2. The number of aliphatic hydroxyl groups is 2. The molecule has 5 heteroatoms. The third-order valence-corrected chi connectivity index (χ3v) is 2.80. The van der Waals surface area contributed by atoms with E-state index in [1.165, 1.54) is 12.1 Å². The maximum Gasteiger partial charge on any atom is 0.197 e. The van der Waals surface area contributed by atoms with Gasteiger partial charge >= 0.3 is 0 Å². The minimum Gasteiger partial charge on any atom is -0.487 e. The summed E-state index contributed by atoms with van der Waals surface area (Å²) in [6, 6.07) is 13.7. The highest BCUT2D eigenvalue weighted by Gasteiger charge is 2.13. The van der Waals surface area contributed by atoms with Crippen LogP contribution in [-0.2, 0) is 6.61 Å². The van der Waals surface area contributed by atoms with E-state index in [2.05, 4.69) is 0 Å². The molecule has 112 valence electrons. The van der Waals surface area contributed by atoms with E-state index in [0.29, 0.717) is 0 Å².